The third-order valence-electron chi connectivity index (χ3n) is 3.30. The van der Waals surface area contributed by atoms with Crippen molar-refractivity contribution in [1.82, 2.24) is 9.38 Å². The number of anilines is 1. The smallest absolute Gasteiger partial charge is 0.259 e. The molecule has 0 saturated carbocycles. The maximum Gasteiger partial charge on any atom is 0.259 e. The zero-order valence-corrected chi connectivity index (χ0v) is 11.8. The normalized spacial score (nSPS) is 10.4. The van der Waals surface area contributed by atoms with Crippen LogP contribution in [0.1, 0.15) is 20.7 Å². The summed E-state index contributed by atoms with van der Waals surface area (Å²) in [7, 11) is 1.52. The first kappa shape index (κ1) is 13.8. The van der Waals surface area contributed by atoms with Crippen molar-refractivity contribution in [2.24, 2.45) is 0 Å². The molecule has 110 valence electrons. The number of ether oxygens (including phenoxy) is 1. The van der Waals surface area contributed by atoms with Crippen molar-refractivity contribution < 1.29 is 14.3 Å². The number of benzene rings is 1. The summed E-state index contributed by atoms with van der Waals surface area (Å²) < 4.78 is 6.82. The summed E-state index contributed by atoms with van der Waals surface area (Å²) in [6.07, 6.45) is 5.87. The lowest BCUT2D eigenvalue weighted by Crippen LogP contribution is -2.14. The molecule has 6 heteroatoms. The molecule has 0 aliphatic heterocycles. The number of carbonyl (C=O) groups excluding carboxylic acids is 2. The van der Waals surface area contributed by atoms with E-state index in [9.17, 15) is 9.59 Å². The lowest BCUT2D eigenvalue weighted by Gasteiger charge is -2.09. The molecule has 0 radical (unpaired) electrons. The number of aldehydes is 1. The number of hydrogen-bond acceptors (Lipinski definition) is 4. The standard InChI is InChI=1S/C16H13N3O3/c1-22-12-4-5-14(11(9-12)10-20)18-16(21)13-3-2-7-19-8-6-17-15(13)19/h2-10H,1H3,(H,18,21). The second-order valence-electron chi connectivity index (χ2n) is 4.61. The molecule has 3 aromatic rings. The number of imidazole rings is 1. The van der Waals surface area contributed by atoms with Gasteiger partial charge in [-0.1, -0.05) is 0 Å². The van der Waals surface area contributed by atoms with Crippen LogP contribution < -0.4 is 10.1 Å². The zero-order chi connectivity index (χ0) is 15.5. The van der Waals surface area contributed by atoms with Crippen LogP contribution >= 0.6 is 0 Å². The fourth-order valence-electron chi connectivity index (χ4n) is 2.19. The van der Waals surface area contributed by atoms with Gasteiger partial charge in [0.2, 0.25) is 0 Å². The molecule has 0 aliphatic rings. The largest absolute Gasteiger partial charge is 0.497 e. The Morgan fingerprint density at radius 2 is 2.18 bits per heavy atom. The van der Waals surface area contributed by atoms with Gasteiger partial charge in [0.1, 0.15) is 11.4 Å². The van der Waals surface area contributed by atoms with Crippen LogP contribution in [0, 0.1) is 0 Å². The highest BCUT2D eigenvalue weighted by Gasteiger charge is 2.13. The molecular formula is C16H13N3O3. The van der Waals surface area contributed by atoms with Crippen LogP contribution in [0.2, 0.25) is 0 Å². The van der Waals surface area contributed by atoms with Crippen molar-refractivity contribution in [3.63, 3.8) is 0 Å². The van der Waals surface area contributed by atoms with E-state index in [1.807, 2.05) is 6.20 Å². The molecule has 0 saturated heterocycles. The van der Waals surface area contributed by atoms with E-state index in [1.54, 1.807) is 47.1 Å². The van der Waals surface area contributed by atoms with Crippen LogP contribution in [-0.2, 0) is 0 Å². The maximum atomic E-state index is 12.4. The van der Waals surface area contributed by atoms with Crippen molar-refractivity contribution in [2.75, 3.05) is 12.4 Å². The third-order valence-corrected chi connectivity index (χ3v) is 3.30. The molecule has 0 bridgehead atoms. The topological polar surface area (TPSA) is 72.7 Å². The minimum absolute atomic E-state index is 0.329. The third kappa shape index (κ3) is 2.42. The lowest BCUT2D eigenvalue weighted by atomic mass is 10.1. The van der Waals surface area contributed by atoms with Crippen LogP contribution in [0.3, 0.4) is 0 Å². The van der Waals surface area contributed by atoms with E-state index in [1.165, 1.54) is 7.11 Å². The van der Waals surface area contributed by atoms with Gasteiger partial charge in [0.05, 0.1) is 18.4 Å². The summed E-state index contributed by atoms with van der Waals surface area (Å²) in [5.41, 5.74) is 1.76. The van der Waals surface area contributed by atoms with E-state index in [0.717, 1.165) is 0 Å². The van der Waals surface area contributed by atoms with Crippen molar-refractivity contribution in [3.05, 3.63) is 60.0 Å². The number of carbonyl (C=O) groups is 2. The van der Waals surface area contributed by atoms with E-state index in [0.29, 0.717) is 34.5 Å². The predicted octanol–water partition coefficient (Wildman–Crippen LogP) is 2.41. The van der Waals surface area contributed by atoms with Crippen LogP contribution in [0.4, 0.5) is 5.69 Å². The van der Waals surface area contributed by atoms with E-state index in [2.05, 4.69) is 10.3 Å². The van der Waals surface area contributed by atoms with Gasteiger partial charge in [0.15, 0.2) is 6.29 Å². The van der Waals surface area contributed by atoms with Gasteiger partial charge in [-0.2, -0.15) is 0 Å². The minimum Gasteiger partial charge on any atom is -0.497 e. The second-order valence-corrected chi connectivity index (χ2v) is 4.61. The molecule has 0 fully saturated rings. The summed E-state index contributed by atoms with van der Waals surface area (Å²) in [6.45, 7) is 0. The molecule has 2 aromatic heterocycles. The van der Waals surface area contributed by atoms with E-state index in [-0.39, 0.29) is 5.91 Å². The molecular weight excluding hydrogens is 282 g/mol. The second kappa shape index (κ2) is 5.69. The van der Waals surface area contributed by atoms with Gasteiger partial charge < -0.3 is 14.5 Å². The fourth-order valence-corrected chi connectivity index (χ4v) is 2.19. The van der Waals surface area contributed by atoms with Crippen LogP contribution in [0.25, 0.3) is 5.65 Å². The summed E-state index contributed by atoms with van der Waals surface area (Å²) >= 11 is 0. The summed E-state index contributed by atoms with van der Waals surface area (Å²) in [4.78, 5) is 27.8. The first-order valence-electron chi connectivity index (χ1n) is 6.59. The first-order valence-corrected chi connectivity index (χ1v) is 6.59. The lowest BCUT2D eigenvalue weighted by molar-refractivity contribution is 0.102. The average Bonchev–Trinajstić information content (AvgIpc) is 3.03. The van der Waals surface area contributed by atoms with Crippen LogP contribution in [0.5, 0.6) is 5.75 Å². The van der Waals surface area contributed by atoms with Crippen molar-refractivity contribution in [2.45, 2.75) is 0 Å². The number of hydrogen-bond donors (Lipinski definition) is 1. The summed E-state index contributed by atoms with van der Waals surface area (Å²) in [5, 5.41) is 2.73. The SMILES string of the molecule is COc1ccc(NC(=O)c2cccn3ccnc23)c(C=O)c1. The number of aromatic nitrogens is 2. The van der Waals surface area contributed by atoms with Gasteiger partial charge in [0, 0.05) is 24.2 Å². The molecule has 0 atom stereocenters. The van der Waals surface area contributed by atoms with Crippen LogP contribution in [-0.4, -0.2) is 28.7 Å². The quantitative estimate of drug-likeness (QED) is 0.750. The Labute approximate surface area is 126 Å². The number of pyridine rings is 1. The van der Waals surface area contributed by atoms with Crippen molar-refractivity contribution >= 4 is 23.5 Å². The van der Waals surface area contributed by atoms with Gasteiger partial charge in [0.25, 0.3) is 5.91 Å². The molecule has 6 nitrogen and oxygen atoms in total. The minimum atomic E-state index is -0.329. The monoisotopic (exact) mass is 295 g/mol. The number of methoxy groups -OCH3 is 1. The van der Waals surface area contributed by atoms with Gasteiger partial charge >= 0.3 is 0 Å². The maximum absolute atomic E-state index is 12.4. The number of rotatable bonds is 4. The molecule has 3 rings (SSSR count). The van der Waals surface area contributed by atoms with Gasteiger partial charge in [-0.3, -0.25) is 9.59 Å². The number of nitrogens with one attached hydrogen (secondary N) is 1. The molecule has 1 N–H and O–H groups in total. The number of fused-ring (bicyclic) bond motifs is 1. The average molecular weight is 295 g/mol. The zero-order valence-electron chi connectivity index (χ0n) is 11.8. The molecule has 2 heterocycles. The summed E-state index contributed by atoms with van der Waals surface area (Å²) in [5.74, 6) is 0.223. The predicted molar refractivity (Wildman–Crippen MR) is 81.5 cm³/mol. The van der Waals surface area contributed by atoms with Gasteiger partial charge in [-0.25, -0.2) is 4.98 Å². The van der Waals surface area contributed by atoms with Crippen molar-refractivity contribution in [1.29, 1.82) is 0 Å². The molecule has 1 amide bonds. The Hall–Kier alpha value is -3.15. The van der Waals surface area contributed by atoms with E-state index >= 15 is 0 Å². The highest BCUT2D eigenvalue weighted by Crippen LogP contribution is 2.21. The highest BCUT2D eigenvalue weighted by molar-refractivity contribution is 6.09. The van der Waals surface area contributed by atoms with E-state index < -0.39 is 0 Å². The van der Waals surface area contributed by atoms with E-state index in [4.69, 9.17) is 4.74 Å². The molecule has 0 spiro atoms. The molecule has 22 heavy (non-hydrogen) atoms. The molecule has 1 aromatic carbocycles. The van der Waals surface area contributed by atoms with Crippen molar-refractivity contribution in [3.8, 4) is 5.75 Å². The van der Waals surface area contributed by atoms with Gasteiger partial charge in [-0.05, 0) is 30.3 Å². The number of amides is 1. The number of nitrogens with zero attached hydrogens (tertiary/aromatic N) is 2. The Morgan fingerprint density at radius 1 is 1.32 bits per heavy atom. The Morgan fingerprint density at radius 3 is 2.95 bits per heavy atom. The van der Waals surface area contributed by atoms with Crippen LogP contribution in [0.15, 0.2) is 48.9 Å². The summed E-state index contributed by atoms with van der Waals surface area (Å²) in [6, 6.07) is 8.32. The highest BCUT2D eigenvalue weighted by atomic mass is 16.5. The Bertz CT molecular complexity index is 855. The molecule has 0 aliphatic carbocycles. The Balaban J connectivity index is 1.94. The van der Waals surface area contributed by atoms with Gasteiger partial charge in [-0.15, -0.1) is 0 Å². The Kier molecular flexibility index (Phi) is 3.57. The fraction of sp³-hybridized carbons (Fsp3) is 0.0625. The first-order chi connectivity index (χ1) is 10.7. The molecule has 0 unspecified atom stereocenters.